The van der Waals surface area contributed by atoms with Crippen LogP contribution in [0, 0.1) is 0 Å². The van der Waals surface area contributed by atoms with E-state index in [1.165, 1.54) is 19.2 Å². The molecule has 21 heavy (non-hydrogen) atoms. The fourth-order valence-electron chi connectivity index (χ4n) is 1.71. The third-order valence-corrected chi connectivity index (χ3v) is 4.38. The van der Waals surface area contributed by atoms with Crippen molar-refractivity contribution in [3.8, 4) is 5.75 Å². The van der Waals surface area contributed by atoms with Gasteiger partial charge < -0.3 is 9.47 Å². The molecule has 0 aromatic heterocycles. The molecule has 0 saturated heterocycles. The van der Waals surface area contributed by atoms with Crippen molar-refractivity contribution in [2.24, 2.45) is 0 Å². The van der Waals surface area contributed by atoms with E-state index in [4.69, 9.17) is 4.74 Å². The van der Waals surface area contributed by atoms with Gasteiger partial charge in [-0.05, 0) is 19.1 Å². The number of ketones is 1. The second kappa shape index (κ2) is 7.78. The highest BCUT2D eigenvalue weighted by Gasteiger charge is 2.23. The van der Waals surface area contributed by atoms with Crippen molar-refractivity contribution in [3.63, 3.8) is 0 Å². The van der Waals surface area contributed by atoms with Crippen molar-refractivity contribution in [2.45, 2.75) is 24.7 Å². The summed E-state index contributed by atoms with van der Waals surface area (Å²) in [6, 6.07) is 6.09. The molecule has 0 amide bonds. The first-order chi connectivity index (χ1) is 9.90. The van der Waals surface area contributed by atoms with Crippen LogP contribution in [0.15, 0.2) is 29.2 Å². The third-order valence-electron chi connectivity index (χ3n) is 2.67. The summed E-state index contributed by atoms with van der Waals surface area (Å²) >= 11 is 0. The number of Topliss-reactive ketones (excluding diaryl/α,β-unsaturated/α-hetero) is 1. The number of ether oxygens (including phenoxy) is 2. The fraction of sp³-hybridized carbons (Fsp3) is 0.429. The molecule has 1 aromatic carbocycles. The van der Waals surface area contributed by atoms with Crippen LogP contribution < -0.4 is 4.74 Å². The van der Waals surface area contributed by atoms with E-state index < -0.39 is 27.3 Å². The Balaban J connectivity index is 2.72. The standard InChI is InChI=1S/C14H18O6S/c1-3-20-14(16)9-8-11(15)10-21(17,18)13-7-5-4-6-12(13)19-2/h4-7H,3,8-10H2,1-2H3. The molecule has 0 bridgehead atoms. The number of benzene rings is 1. The molecule has 0 unspecified atom stereocenters. The van der Waals surface area contributed by atoms with E-state index in [1.54, 1.807) is 19.1 Å². The number of carbonyl (C=O) groups excluding carboxylic acids is 2. The number of hydrogen-bond donors (Lipinski definition) is 0. The lowest BCUT2D eigenvalue weighted by atomic mass is 10.2. The number of carbonyl (C=O) groups is 2. The van der Waals surface area contributed by atoms with Crippen molar-refractivity contribution < 1.29 is 27.5 Å². The molecule has 0 spiro atoms. The van der Waals surface area contributed by atoms with Crippen molar-refractivity contribution in [1.82, 2.24) is 0 Å². The van der Waals surface area contributed by atoms with Gasteiger partial charge in [0.2, 0.25) is 0 Å². The molecule has 0 aliphatic carbocycles. The van der Waals surface area contributed by atoms with Gasteiger partial charge in [0.1, 0.15) is 22.2 Å². The van der Waals surface area contributed by atoms with Crippen molar-refractivity contribution >= 4 is 21.6 Å². The van der Waals surface area contributed by atoms with Gasteiger partial charge >= 0.3 is 5.97 Å². The first-order valence-electron chi connectivity index (χ1n) is 6.43. The first-order valence-corrected chi connectivity index (χ1v) is 8.09. The zero-order chi connectivity index (χ0) is 15.9. The number of hydrogen-bond acceptors (Lipinski definition) is 6. The average Bonchev–Trinajstić information content (AvgIpc) is 2.45. The van der Waals surface area contributed by atoms with E-state index in [0.717, 1.165) is 0 Å². The maximum Gasteiger partial charge on any atom is 0.306 e. The van der Waals surface area contributed by atoms with Gasteiger partial charge in [0, 0.05) is 6.42 Å². The van der Waals surface area contributed by atoms with Crippen LogP contribution in [0.3, 0.4) is 0 Å². The van der Waals surface area contributed by atoms with Gasteiger partial charge in [0.25, 0.3) is 0 Å². The zero-order valence-corrected chi connectivity index (χ0v) is 12.8. The van der Waals surface area contributed by atoms with Gasteiger partial charge in [0.15, 0.2) is 9.84 Å². The summed E-state index contributed by atoms with van der Waals surface area (Å²) in [5.74, 6) is -1.52. The molecule has 6 nitrogen and oxygen atoms in total. The van der Waals surface area contributed by atoms with E-state index in [-0.39, 0.29) is 30.1 Å². The molecular formula is C14H18O6S. The molecule has 0 atom stereocenters. The molecule has 0 aliphatic rings. The maximum absolute atomic E-state index is 12.2. The molecule has 7 heteroatoms. The van der Waals surface area contributed by atoms with Crippen LogP contribution in [-0.4, -0.2) is 39.6 Å². The lowest BCUT2D eigenvalue weighted by molar-refractivity contribution is -0.144. The molecule has 0 saturated carbocycles. The Bertz CT molecular complexity index is 606. The predicted octanol–water partition coefficient (Wildman–Crippen LogP) is 1.38. The Labute approximate surface area is 124 Å². The molecule has 0 aliphatic heterocycles. The van der Waals surface area contributed by atoms with E-state index in [9.17, 15) is 18.0 Å². The summed E-state index contributed by atoms with van der Waals surface area (Å²) in [5.41, 5.74) is 0. The van der Waals surface area contributed by atoms with Crippen molar-refractivity contribution in [1.29, 1.82) is 0 Å². The minimum Gasteiger partial charge on any atom is -0.495 e. The summed E-state index contributed by atoms with van der Waals surface area (Å²) < 4.78 is 34.0. The first kappa shape index (κ1) is 17.2. The van der Waals surface area contributed by atoms with E-state index >= 15 is 0 Å². The summed E-state index contributed by atoms with van der Waals surface area (Å²) in [4.78, 5) is 22.8. The van der Waals surface area contributed by atoms with Gasteiger partial charge in [-0.25, -0.2) is 8.42 Å². The topological polar surface area (TPSA) is 86.7 Å². The number of esters is 1. The zero-order valence-electron chi connectivity index (χ0n) is 12.0. The number of sulfone groups is 1. The van der Waals surface area contributed by atoms with Crippen molar-refractivity contribution in [2.75, 3.05) is 19.5 Å². The SMILES string of the molecule is CCOC(=O)CCC(=O)CS(=O)(=O)c1ccccc1OC. The summed E-state index contributed by atoms with van der Waals surface area (Å²) in [6.45, 7) is 1.89. The van der Waals surface area contributed by atoms with Crippen LogP contribution in [0.25, 0.3) is 0 Å². The smallest absolute Gasteiger partial charge is 0.306 e. The highest BCUT2D eigenvalue weighted by molar-refractivity contribution is 7.92. The monoisotopic (exact) mass is 314 g/mol. The number of rotatable bonds is 8. The quantitative estimate of drug-likeness (QED) is 0.674. The molecular weight excluding hydrogens is 296 g/mol. The fourth-order valence-corrected chi connectivity index (χ4v) is 3.18. The minimum atomic E-state index is -3.79. The average molecular weight is 314 g/mol. The van der Waals surface area contributed by atoms with Crippen LogP contribution in [0.1, 0.15) is 19.8 Å². The number of para-hydroxylation sites is 1. The second-order valence-electron chi connectivity index (χ2n) is 4.25. The lowest BCUT2D eigenvalue weighted by Crippen LogP contribution is -2.18. The Hall–Kier alpha value is -1.89. The van der Waals surface area contributed by atoms with Crippen LogP contribution in [-0.2, 0) is 24.2 Å². The molecule has 0 heterocycles. The lowest BCUT2D eigenvalue weighted by Gasteiger charge is -2.08. The molecule has 116 valence electrons. The van der Waals surface area contributed by atoms with Crippen LogP contribution in [0.4, 0.5) is 0 Å². The molecule has 1 rings (SSSR count). The van der Waals surface area contributed by atoms with Crippen LogP contribution in [0.2, 0.25) is 0 Å². The van der Waals surface area contributed by atoms with E-state index in [2.05, 4.69) is 4.74 Å². The van der Waals surface area contributed by atoms with Crippen LogP contribution >= 0.6 is 0 Å². The Morgan fingerprint density at radius 1 is 1.14 bits per heavy atom. The van der Waals surface area contributed by atoms with Gasteiger partial charge in [-0.2, -0.15) is 0 Å². The molecule has 0 radical (unpaired) electrons. The predicted molar refractivity (Wildman–Crippen MR) is 75.9 cm³/mol. The van der Waals surface area contributed by atoms with Gasteiger partial charge in [-0.3, -0.25) is 9.59 Å². The van der Waals surface area contributed by atoms with Crippen molar-refractivity contribution in [3.05, 3.63) is 24.3 Å². The highest BCUT2D eigenvalue weighted by Crippen LogP contribution is 2.24. The number of methoxy groups -OCH3 is 1. The van der Waals surface area contributed by atoms with E-state index in [0.29, 0.717) is 0 Å². The second-order valence-corrected chi connectivity index (χ2v) is 6.21. The van der Waals surface area contributed by atoms with Gasteiger partial charge in [0.05, 0.1) is 20.1 Å². The largest absolute Gasteiger partial charge is 0.495 e. The molecule has 1 aromatic rings. The van der Waals surface area contributed by atoms with Gasteiger partial charge in [-0.1, -0.05) is 12.1 Å². The Morgan fingerprint density at radius 2 is 1.81 bits per heavy atom. The summed E-state index contributed by atoms with van der Waals surface area (Å²) in [6.07, 6.45) is -0.276. The van der Waals surface area contributed by atoms with E-state index in [1.807, 2.05) is 0 Å². The van der Waals surface area contributed by atoms with Crippen LogP contribution in [0.5, 0.6) is 5.75 Å². The summed E-state index contributed by atoms with van der Waals surface area (Å²) in [5, 5.41) is 0. The summed E-state index contributed by atoms with van der Waals surface area (Å²) in [7, 11) is -2.43. The Morgan fingerprint density at radius 3 is 2.43 bits per heavy atom. The normalized spacial score (nSPS) is 11.0. The third kappa shape index (κ3) is 5.18. The molecule has 0 N–H and O–H groups in total. The highest BCUT2D eigenvalue weighted by atomic mass is 32.2. The minimum absolute atomic E-state index is 0.0306. The Kier molecular flexibility index (Phi) is 6.36. The maximum atomic E-state index is 12.2. The molecule has 0 fully saturated rings. The van der Waals surface area contributed by atoms with Gasteiger partial charge in [-0.15, -0.1) is 0 Å².